The van der Waals surface area contributed by atoms with Gasteiger partial charge in [0.1, 0.15) is 5.82 Å². The molecule has 0 bridgehead atoms. The summed E-state index contributed by atoms with van der Waals surface area (Å²) in [6, 6.07) is 10.5. The van der Waals surface area contributed by atoms with Crippen LogP contribution in [0.2, 0.25) is 0 Å². The number of hydrogen-bond acceptors (Lipinski definition) is 6. The summed E-state index contributed by atoms with van der Waals surface area (Å²) in [5.41, 5.74) is 3.80. The second-order valence-corrected chi connectivity index (χ2v) is 8.97. The van der Waals surface area contributed by atoms with E-state index in [9.17, 15) is 4.79 Å². The fourth-order valence-corrected chi connectivity index (χ4v) is 4.56. The fourth-order valence-electron chi connectivity index (χ4n) is 4.56. The van der Waals surface area contributed by atoms with E-state index in [1.165, 1.54) is 32.8 Å². The van der Waals surface area contributed by atoms with Crippen LogP contribution in [0.15, 0.2) is 42.1 Å². The van der Waals surface area contributed by atoms with Gasteiger partial charge in [-0.2, -0.15) is 0 Å². The molecular weight excluding hydrogens is 400 g/mol. The average molecular weight is 435 g/mol. The first-order chi connectivity index (χ1) is 15.6. The number of methoxy groups -OCH3 is 1. The number of benzene rings is 1. The summed E-state index contributed by atoms with van der Waals surface area (Å²) in [5.74, 6) is 1.48. The lowest BCUT2D eigenvalue weighted by molar-refractivity contribution is -0.136. The van der Waals surface area contributed by atoms with E-state index < -0.39 is 0 Å². The highest BCUT2D eigenvalue weighted by Crippen LogP contribution is 2.31. The number of carbonyl (C=O) groups excluding carboxylic acids is 1. The zero-order chi connectivity index (χ0) is 22.5. The number of hydrogen-bond donors (Lipinski definition) is 0. The molecule has 0 spiro atoms. The smallest absolute Gasteiger partial charge is 0.335 e. The van der Waals surface area contributed by atoms with Crippen LogP contribution in [0.25, 0.3) is 11.4 Å². The van der Waals surface area contributed by atoms with Gasteiger partial charge in [0.2, 0.25) is 0 Å². The van der Waals surface area contributed by atoms with Crippen molar-refractivity contribution in [2.24, 2.45) is 0 Å². The zero-order valence-electron chi connectivity index (χ0n) is 19.5. The summed E-state index contributed by atoms with van der Waals surface area (Å²) < 4.78 is 5.14. The number of esters is 1. The largest absolute Gasteiger partial charge is 0.466 e. The first kappa shape index (κ1) is 22.3. The topological polar surface area (TPSA) is 58.6 Å². The number of aromatic nitrogens is 2. The molecule has 0 aliphatic carbocycles. The van der Waals surface area contributed by atoms with Crippen molar-refractivity contribution in [3.05, 3.63) is 53.4 Å². The fraction of sp³-hybridized carbons (Fsp3) is 0.500. The molecule has 3 heterocycles. The third kappa shape index (κ3) is 4.95. The van der Waals surface area contributed by atoms with Crippen molar-refractivity contribution in [3.63, 3.8) is 0 Å². The predicted octanol–water partition coefficient (Wildman–Crippen LogP) is 4.39. The lowest BCUT2D eigenvalue weighted by Crippen LogP contribution is -2.33. The number of fused-ring (bicyclic) bond motifs is 1. The zero-order valence-corrected chi connectivity index (χ0v) is 19.5. The lowest BCUT2D eigenvalue weighted by atomic mass is 9.99. The molecule has 1 fully saturated rings. The van der Waals surface area contributed by atoms with Crippen LogP contribution in [0.1, 0.15) is 50.8 Å². The maximum Gasteiger partial charge on any atom is 0.335 e. The maximum atomic E-state index is 12.7. The summed E-state index contributed by atoms with van der Waals surface area (Å²) in [6.07, 6.45) is 8.14. The summed E-state index contributed by atoms with van der Waals surface area (Å²) in [7, 11) is 1.45. The van der Waals surface area contributed by atoms with E-state index >= 15 is 0 Å². The first-order valence-corrected chi connectivity index (χ1v) is 11.8. The molecule has 0 amide bonds. The van der Waals surface area contributed by atoms with Crippen molar-refractivity contribution in [2.45, 2.75) is 58.4 Å². The van der Waals surface area contributed by atoms with Gasteiger partial charge in [0.05, 0.1) is 18.4 Å². The van der Waals surface area contributed by atoms with Gasteiger partial charge < -0.3 is 14.5 Å². The summed E-state index contributed by atoms with van der Waals surface area (Å²) >= 11 is 0. The molecule has 32 heavy (non-hydrogen) atoms. The summed E-state index contributed by atoms with van der Waals surface area (Å²) in [5, 5.41) is 0. The van der Waals surface area contributed by atoms with Crippen LogP contribution in [0.4, 0.5) is 5.82 Å². The summed E-state index contributed by atoms with van der Waals surface area (Å²) in [6.45, 7) is 7.08. The molecule has 0 radical (unpaired) electrons. The molecule has 4 rings (SSSR count). The van der Waals surface area contributed by atoms with Crippen LogP contribution in [0, 0.1) is 0 Å². The summed E-state index contributed by atoms with van der Waals surface area (Å²) in [4.78, 5) is 27.4. The van der Waals surface area contributed by atoms with Crippen LogP contribution in [0.3, 0.4) is 0 Å². The molecule has 1 saturated heterocycles. The van der Waals surface area contributed by atoms with Crippen molar-refractivity contribution in [3.8, 4) is 11.4 Å². The number of nitrogens with zero attached hydrogens (tertiary/aromatic N) is 4. The van der Waals surface area contributed by atoms with Gasteiger partial charge in [0, 0.05) is 55.8 Å². The third-order valence-corrected chi connectivity index (χ3v) is 6.42. The monoisotopic (exact) mass is 434 g/mol. The van der Waals surface area contributed by atoms with E-state index in [-0.39, 0.29) is 12.0 Å². The van der Waals surface area contributed by atoms with Crippen LogP contribution in [0.5, 0.6) is 0 Å². The van der Waals surface area contributed by atoms with Crippen LogP contribution in [-0.2, 0) is 22.4 Å². The van der Waals surface area contributed by atoms with Crippen molar-refractivity contribution < 1.29 is 9.53 Å². The maximum absolute atomic E-state index is 12.7. The predicted molar refractivity (Wildman–Crippen MR) is 127 cm³/mol. The standard InChI is InChI=1S/C26H34N4O2/c1-19(2)30-16-13-23-22(17-21(18-30)26(31)32-3)25(29-14-9-4-5-10-15-29)28-24(27-23)20-11-7-6-8-12-20/h6-8,11-12,18-19H,4-5,9-10,13-17H2,1-3H3/b21-18+. The molecule has 1 aromatic heterocycles. The Kier molecular flexibility index (Phi) is 7.08. The van der Waals surface area contributed by atoms with Crippen molar-refractivity contribution in [1.82, 2.24) is 14.9 Å². The van der Waals surface area contributed by atoms with Crippen molar-refractivity contribution in [1.29, 1.82) is 0 Å². The second kappa shape index (κ2) is 10.2. The van der Waals surface area contributed by atoms with Gasteiger partial charge in [-0.3, -0.25) is 0 Å². The number of rotatable bonds is 4. The molecule has 0 saturated carbocycles. The van der Waals surface area contributed by atoms with E-state index in [1.807, 2.05) is 24.4 Å². The van der Waals surface area contributed by atoms with Gasteiger partial charge in [-0.05, 0) is 26.7 Å². The highest BCUT2D eigenvalue weighted by molar-refractivity contribution is 5.89. The van der Waals surface area contributed by atoms with Crippen LogP contribution < -0.4 is 4.90 Å². The number of carbonyl (C=O) groups is 1. The Morgan fingerprint density at radius 1 is 1.00 bits per heavy atom. The highest BCUT2D eigenvalue weighted by Gasteiger charge is 2.26. The second-order valence-electron chi connectivity index (χ2n) is 8.97. The molecule has 6 nitrogen and oxygen atoms in total. The Morgan fingerprint density at radius 2 is 1.72 bits per heavy atom. The van der Waals surface area contributed by atoms with Crippen LogP contribution >= 0.6 is 0 Å². The number of ether oxygens (including phenoxy) is 1. The van der Waals surface area contributed by atoms with Gasteiger partial charge >= 0.3 is 5.97 Å². The Hall–Kier alpha value is -2.89. The van der Waals surface area contributed by atoms with E-state index in [0.717, 1.165) is 54.5 Å². The van der Waals surface area contributed by atoms with Crippen LogP contribution in [-0.4, -0.2) is 53.6 Å². The Bertz CT molecular complexity index is 963. The quantitative estimate of drug-likeness (QED) is 0.665. The molecule has 6 heteroatoms. The molecule has 0 N–H and O–H groups in total. The van der Waals surface area contributed by atoms with Gasteiger partial charge in [0.15, 0.2) is 5.82 Å². The molecule has 2 aliphatic rings. The highest BCUT2D eigenvalue weighted by atomic mass is 16.5. The molecule has 170 valence electrons. The Labute approximate surface area is 191 Å². The lowest BCUT2D eigenvalue weighted by Gasteiger charge is -2.31. The van der Waals surface area contributed by atoms with Gasteiger partial charge in [-0.15, -0.1) is 0 Å². The normalized spacial score (nSPS) is 18.8. The minimum atomic E-state index is -0.280. The van der Waals surface area contributed by atoms with E-state index in [4.69, 9.17) is 14.7 Å². The molecule has 2 aromatic rings. The minimum absolute atomic E-state index is 0.280. The average Bonchev–Trinajstić information content (AvgIpc) is 3.08. The van der Waals surface area contributed by atoms with Crippen molar-refractivity contribution in [2.75, 3.05) is 31.6 Å². The SMILES string of the molecule is COC(=O)/C1=C/N(C(C)C)CCc2nc(-c3ccccc3)nc(N3CCCCCC3)c2C1. The van der Waals surface area contributed by atoms with E-state index in [2.05, 4.69) is 35.8 Å². The van der Waals surface area contributed by atoms with Crippen molar-refractivity contribution >= 4 is 11.8 Å². The first-order valence-electron chi connectivity index (χ1n) is 11.8. The van der Waals surface area contributed by atoms with Gasteiger partial charge in [-0.1, -0.05) is 43.2 Å². The Morgan fingerprint density at radius 3 is 2.38 bits per heavy atom. The third-order valence-electron chi connectivity index (χ3n) is 6.42. The Balaban J connectivity index is 1.85. The molecular formula is C26H34N4O2. The van der Waals surface area contributed by atoms with Gasteiger partial charge in [-0.25, -0.2) is 14.8 Å². The van der Waals surface area contributed by atoms with E-state index in [0.29, 0.717) is 12.0 Å². The molecule has 0 unspecified atom stereocenters. The molecule has 1 aromatic carbocycles. The number of anilines is 1. The minimum Gasteiger partial charge on any atom is -0.466 e. The molecule has 2 aliphatic heterocycles. The van der Waals surface area contributed by atoms with E-state index in [1.54, 1.807) is 0 Å². The van der Waals surface area contributed by atoms with Gasteiger partial charge in [0.25, 0.3) is 0 Å². The molecule has 0 atom stereocenters.